The van der Waals surface area contributed by atoms with Crippen LogP contribution in [0.5, 0.6) is 11.5 Å². The number of nitrogens with one attached hydrogen (secondary N) is 1. The molecule has 0 aromatic heterocycles. The summed E-state index contributed by atoms with van der Waals surface area (Å²) in [4.78, 5) is 25.6. The number of fused-ring (bicyclic) bond motifs is 1. The maximum absolute atomic E-state index is 12.3. The molecule has 1 saturated heterocycles. The molecule has 2 aliphatic heterocycles. The maximum Gasteiger partial charge on any atom is 0.252 e. The predicted octanol–water partition coefficient (Wildman–Crippen LogP) is 1.16. The molecule has 0 unspecified atom stereocenters. The molecule has 6 heteroatoms. The minimum absolute atomic E-state index is 0.0717. The van der Waals surface area contributed by atoms with Crippen LogP contribution in [-0.4, -0.2) is 42.0 Å². The van der Waals surface area contributed by atoms with Crippen LogP contribution in [0, 0.1) is 0 Å². The summed E-state index contributed by atoms with van der Waals surface area (Å²) >= 11 is 0. The van der Waals surface area contributed by atoms with Crippen LogP contribution in [0.4, 0.5) is 5.69 Å². The van der Waals surface area contributed by atoms with Crippen molar-refractivity contribution in [2.75, 3.05) is 18.5 Å². The van der Waals surface area contributed by atoms with Gasteiger partial charge in [-0.05, 0) is 25.0 Å². The van der Waals surface area contributed by atoms with Gasteiger partial charge in [0.15, 0.2) is 11.5 Å². The molecule has 1 N–H and O–H groups in total. The van der Waals surface area contributed by atoms with Crippen molar-refractivity contribution < 1.29 is 19.1 Å². The van der Waals surface area contributed by atoms with E-state index in [2.05, 4.69) is 5.32 Å². The third kappa shape index (κ3) is 2.20. The van der Waals surface area contributed by atoms with Crippen LogP contribution < -0.4 is 14.8 Å². The molecule has 1 aliphatic carbocycles. The Balaban J connectivity index is 1.51. The van der Waals surface area contributed by atoms with Gasteiger partial charge >= 0.3 is 0 Å². The average Bonchev–Trinajstić information content (AvgIpc) is 3.27. The van der Waals surface area contributed by atoms with Crippen LogP contribution in [-0.2, 0) is 9.59 Å². The van der Waals surface area contributed by atoms with Crippen LogP contribution in [0.25, 0.3) is 0 Å². The van der Waals surface area contributed by atoms with Crippen molar-refractivity contribution in [3.63, 3.8) is 0 Å². The molecule has 1 aromatic rings. The lowest BCUT2D eigenvalue weighted by Crippen LogP contribution is -2.36. The second-order valence-electron chi connectivity index (χ2n) is 5.59. The lowest BCUT2D eigenvalue weighted by atomic mass is 10.2. The Labute approximate surface area is 122 Å². The van der Waals surface area contributed by atoms with Crippen molar-refractivity contribution in [1.29, 1.82) is 0 Å². The summed E-state index contributed by atoms with van der Waals surface area (Å²) in [7, 11) is 0. The van der Waals surface area contributed by atoms with Gasteiger partial charge in [0.25, 0.3) is 5.91 Å². The quantitative estimate of drug-likeness (QED) is 0.845. The highest BCUT2D eigenvalue weighted by Gasteiger charge is 2.46. The number of hydrogen-bond donors (Lipinski definition) is 1. The van der Waals surface area contributed by atoms with E-state index < -0.39 is 6.04 Å². The van der Waals surface area contributed by atoms with Gasteiger partial charge in [0, 0.05) is 17.8 Å². The Kier molecular flexibility index (Phi) is 2.77. The van der Waals surface area contributed by atoms with E-state index in [1.54, 1.807) is 0 Å². The van der Waals surface area contributed by atoms with Gasteiger partial charge in [-0.25, -0.2) is 0 Å². The molecule has 1 aromatic carbocycles. The number of carbonyl (C=O) groups excluding carboxylic acids is 2. The Bertz CT molecular complexity index is 612. The minimum atomic E-state index is -0.472. The van der Waals surface area contributed by atoms with Gasteiger partial charge in [-0.15, -0.1) is 0 Å². The summed E-state index contributed by atoms with van der Waals surface area (Å²) in [5.41, 5.74) is 0.767. The fourth-order valence-corrected chi connectivity index (χ4v) is 2.81. The molecule has 3 aliphatic rings. The van der Waals surface area contributed by atoms with Gasteiger partial charge < -0.3 is 14.8 Å². The smallest absolute Gasteiger partial charge is 0.252 e. The highest BCUT2D eigenvalue weighted by Crippen LogP contribution is 2.35. The van der Waals surface area contributed by atoms with Crippen LogP contribution in [0.15, 0.2) is 18.2 Å². The van der Waals surface area contributed by atoms with Crippen molar-refractivity contribution in [1.82, 2.24) is 4.90 Å². The first kappa shape index (κ1) is 12.5. The van der Waals surface area contributed by atoms with Crippen molar-refractivity contribution in [3.05, 3.63) is 18.2 Å². The van der Waals surface area contributed by atoms with E-state index in [0.29, 0.717) is 24.7 Å². The topological polar surface area (TPSA) is 67.9 Å². The number of amides is 2. The molecule has 1 saturated carbocycles. The standard InChI is InChI=1S/C15H16N2O4/c18-14-8-11(15(19)17(14)10-2-3-10)16-9-1-4-12-13(7-9)21-6-5-20-12/h1,4,7,10-11,16H,2-3,5-6,8H2/t11-/m0/s1. The first-order valence-electron chi connectivity index (χ1n) is 7.24. The Hall–Kier alpha value is -2.24. The third-order valence-corrected chi connectivity index (χ3v) is 3.98. The SMILES string of the molecule is O=C1C[C@H](Nc2ccc3c(c2)OCCO3)C(=O)N1C1CC1. The molecule has 4 rings (SSSR count). The molecule has 0 bridgehead atoms. The highest BCUT2D eigenvalue weighted by molar-refractivity contribution is 6.07. The number of hydrogen-bond acceptors (Lipinski definition) is 5. The second kappa shape index (κ2) is 4.65. The van der Waals surface area contributed by atoms with Gasteiger partial charge in [0.05, 0.1) is 6.42 Å². The van der Waals surface area contributed by atoms with Crippen molar-refractivity contribution in [2.24, 2.45) is 0 Å². The zero-order chi connectivity index (χ0) is 14.4. The number of carbonyl (C=O) groups is 2. The van der Waals surface area contributed by atoms with Gasteiger partial charge in [0.2, 0.25) is 5.91 Å². The van der Waals surface area contributed by atoms with Crippen LogP contribution >= 0.6 is 0 Å². The zero-order valence-corrected chi connectivity index (χ0v) is 11.5. The number of anilines is 1. The van der Waals surface area contributed by atoms with E-state index in [0.717, 1.165) is 18.5 Å². The molecular formula is C15H16N2O4. The van der Waals surface area contributed by atoms with Crippen molar-refractivity contribution >= 4 is 17.5 Å². The fraction of sp³-hybridized carbons (Fsp3) is 0.467. The summed E-state index contributed by atoms with van der Waals surface area (Å²) in [6, 6.07) is 5.13. The van der Waals surface area contributed by atoms with E-state index in [-0.39, 0.29) is 24.3 Å². The van der Waals surface area contributed by atoms with E-state index >= 15 is 0 Å². The van der Waals surface area contributed by atoms with E-state index in [1.165, 1.54) is 4.90 Å². The van der Waals surface area contributed by atoms with Crippen molar-refractivity contribution in [3.8, 4) is 11.5 Å². The largest absolute Gasteiger partial charge is 0.486 e. The number of imide groups is 1. The van der Waals surface area contributed by atoms with E-state index in [1.807, 2.05) is 18.2 Å². The summed E-state index contributed by atoms with van der Waals surface area (Å²) in [6.45, 7) is 1.07. The normalized spacial score (nSPS) is 24.4. The molecule has 6 nitrogen and oxygen atoms in total. The van der Waals surface area contributed by atoms with Crippen LogP contribution in [0.1, 0.15) is 19.3 Å². The molecular weight excluding hydrogens is 272 g/mol. The molecule has 0 spiro atoms. The number of rotatable bonds is 3. The fourth-order valence-electron chi connectivity index (χ4n) is 2.81. The minimum Gasteiger partial charge on any atom is -0.486 e. The summed E-state index contributed by atoms with van der Waals surface area (Å²) in [5, 5.41) is 3.14. The Morgan fingerprint density at radius 1 is 1.10 bits per heavy atom. The maximum atomic E-state index is 12.3. The lowest BCUT2D eigenvalue weighted by Gasteiger charge is -2.20. The molecule has 1 atom stereocenters. The molecule has 0 radical (unpaired) electrons. The Morgan fingerprint density at radius 2 is 1.86 bits per heavy atom. The monoisotopic (exact) mass is 288 g/mol. The van der Waals surface area contributed by atoms with Gasteiger partial charge in [0.1, 0.15) is 19.3 Å². The lowest BCUT2D eigenvalue weighted by molar-refractivity contribution is -0.139. The summed E-state index contributed by atoms with van der Waals surface area (Å²) in [6.07, 6.45) is 2.10. The first-order chi connectivity index (χ1) is 10.2. The predicted molar refractivity (Wildman–Crippen MR) is 74.3 cm³/mol. The third-order valence-electron chi connectivity index (χ3n) is 3.98. The van der Waals surface area contributed by atoms with E-state index in [4.69, 9.17) is 9.47 Å². The number of likely N-dealkylation sites (tertiary alicyclic amines) is 1. The van der Waals surface area contributed by atoms with Gasteiger partial charge in [-0.3, -0.25) is 14.5 Å². The molecule has 2 fully saturated rings. The second-order valence-corrected chi connectivity index (χ2v) is 5.59. The molecule has 2 heterocycles. The van der Waals surface area contributed by atoms with Crippen LogP contribution in [0.3, 0.4) is 0 Å². The van der Waals surface area contributed by atoms with Gasteiger partial charge in [-0.2, -0.15) is 0 Å². The van der Waals surface area contributed by atoms with Crippen LogP contribution in [0.2, 0.25) is 0 Å². The molecule has 21 heavy (non-hydrogen) atoms. The zero-order valence-electron chi connectivity index (χ0n) is 11.5. The van der Waals surface area contributed by atoms with Crippen molar-refractivity contribution in [2.45, 2.75) is 31.3 Å². The van der Waals surface area contributed by atoms with Gasteiger partial charge in [-0.1, -0.05) is 0 Å². The summed E-state index contributed by atoms with van der Waals surface area (Å²) in [5.74, 6) is 1.19. The summed E-state index contributed by atoms with van der Waals surface area (Å²) < 4.78 is 11.0. The average molecular weight is 288 g/mol. The Morgan fingerprint density at radius 3 is 2.62 bits per heavy atom. The number of ether oxygens (including phenoxy) is 2. The highest BCUT2D eigenvalue weighted by atomic mass is 16.6. The number of nitrogens with zero attached hydrogens (tertiary/aromatic N) is 1. The molecule has 2 amide bonds. The van der Waals surface area contributed by atoms with E-state index in [9.17, 15) is 9.59 Å². The molecule has 110 valence electrons. The number of benzene rings is 1. The first-order valence-corrected chi connectivity index (χ1v) is 7.24.